The van der Waals surface area contributed by atoms with Gasteiger partial charge in [0.2, 0.25) is 0 Å². The van der Waals surface area contributed by atoms with Gasteiger partial charge in [-0.05, 0) is 35.7 Å². The fourth-order valence-corrected chi connectivity index (χ4v) is 4.15. The molecule has 0 aliphatic heterocycles. The second-order valence-electron chi connectivity index (χ2n) is 5.40. The van der Waals surface area contributed by atoms with Gasteiger partial charge in [-0.3, -0.25) is 4.21 Å². The molecule has 2 aromatic rings. The molecule has 0 aliphatic carbocycles. The first-order valence-electron chi connectivity index (χ1n) is 6.97. The van der Waals surface area contributed by atoms with E-state index in [0.29, 0.717) is 5.02 Å². The van der Waals surface area contributed by atoms with Crippen LogP contribution in [-0.2, 0) is 10.8 Å². The Morgan fingerprint density at radius 1 is 1.00 bits per heavy atom. The van der Waals surface area contributed by atoms with E-state index in [1.807, 2.05) is 42.5 Å². The minimum Gasteiger partial charge on any atom is -0.323 e. The van der Waals surface area contributed by atoms with E-state index in [0.717, 1.165) is 10.5 Å². The molecule has 0 heterocycles. The predicted octanol–water partition coefficient (Wildman–Crippen LogP) is 4.17. The summed E-state index contributed by atoms with van der Waals surface area (Å²) in [5, 5.41) is 0.498. The molecule has 4 heteroatoms. The van der Waals surface area contributed by atoms with Gasteiger partial charge < -0.3 is 5.73 Å². The van der Waals surface area contributed by atoms with Crippen LogP contribution in [0.4, 0.5) is 0 Å². The fraction of sp³-hybridized carbons (Fsp3) is 0.294. The molecule has 2 N–H and O–H groups in total. The van der Waals surface area contributed by atoms with Gasteiger partial charge in [-0.2, -0.15) is 0 Å². The average molecular weight is 322 g/mol. The number of nitrogens with two attached hydrogens (primary N) is 1. The zero-order valence-electron chi connectivity index (χ0n) is 12.2. The standard InChI is InChI=1S/C17H20ClNOS/c1-12(2)17(16(19)13-6-4-3-5-7-13)21(20)15-10-8-14(18)9-11-15/h3-12,16-17H,19H2,1-2H3. The normalized spacial score (nSPS) is 15.7. The monoisotopic (exact) mass is 321 g/mol. The fourth-order valence-electron chi connectivity index (χ4n) is 2.39. The van der Waals surface area contributed by atoms with Crippen molar-refractivity contribution in [1.82, 2.24) is 0 Å². The minimum atomic E-state index is -1.17. The highest BCUT2D eigenvalue weighted by molar-refractivity contribution is 7.85. The van der Waals surface area contributed by atoms with E-state index in [9.17, 15) is 4.21 Å². The highest BCUT2D eigenvalue weighted by atomic mass is 35.5. The smallest absolute Gasteiger partial charge is 0.0610 e. The Morgan fingerprint density at radius 3 is 2.10 bits per heavy atom. The van der Waals surface area contributed by atoms with Gasteiger partial charge in [0.1, 0.15) is 0 Å². The van der Waals surface area contributed by atoms with Gasteiger partial charge in [-0.25, -0.2) is 0 Å². The van der Waals surface area contributed by atoms with Crippen molar-refractivity contribution in [2.75, 3.05) is 0 Å². The maximum atomic E-state index is 12.9. The maximum absolute atomic E-state index is 12.9. The minimum absolute atomic E-state index is 0.145. The van der Waals surface area contributed by atoms with E-state index < -0.39 is 10.8 Å². The highest BCUT2D eigenvalue weighted by Gasteiger charge is 2.29. The lowest BCUT2D eigenvalue weighted by molar-refractivity contribution is 0.510. The topological polar surface area (TPSA) is 43.1 Å². The molecule has 2 rings (SSSR count). The summed E-state index contributed by atoms with van der Waals surface area (Å²) in [5.41, 5.74) is 7.40. The van der Waals surface area contributed by atoms with Crippen LogP contribution in [0.3, 0.4) is 0 Å². The second-order valence-corrected chi connectivity index (χ2v) is 7.44. The quantitative estimate of drug-likeness (QED) is 0.898. The largest absolute Gasteiger partial charge is 0.323 e. The number of hydrogen-bond acceptors (Lipinski definition) is 2. The van der Waals surface area contributed by atoms with E-state index in [1.54, 1.807) is 12.1 Å². The molecule has 21 heavy (non-hydrogen) atoms. The summed E-state index contributed by atoms with van der Waals surface area (Å²) >= 11 is 5.89. The molecular formula is C17H20ClNOS. The summed E-state index contributed by atoms with van der Waals surface area (Å²) in [6.07, 6.45) is 0. The van der Waals surface area contributed by atoms with Gasteiger partial charge in [0, 0.05) is 16.0 Å². The molecular weight excluding hydrogens is 302 g/mol. The summed E-state index contributed by atoms with van der Waals surface area (Å²) in [6, 6.07) is 16.7. The van der Waals surface area contributed by atoms with Crippen LogP contribution < -0.4 is 5.73 Å². The lowest BCUT2D eigenvalue weighted by Gasteiger charge is -2.27. The first-order chi connectivity index (χ1) is 10.0. The van der Waals surface area contributed by atoms with Gasteiger partial charge in [0.15, 0.2) is 0 Å². The first-order valence-corrected chi connectivity index (χ1v) is 8.56. The molecule has 3 unspecified atom stereocenters. The molecule has 112 valence electrons. The Hall–Kier alpha value is -1.16. The number of hydrogen-bond donors (Lipinski definition) is 1. The molecule has 0 aliphatic rings. The summed E-state index contributed by atoms with van der Waals surface area (Å²) in [4.78, 5) is 0.768. The Labute approximate surface area is 133 Å². The summed E-state index contributed by atoms with van der Waals surface area (Å²) in [5.74, 6) is 0.205. The third-order valence-corrected chi connectivity index (χ3v) is 5.81. The molecule has 0 amide bonds. The lowest BCUT2D eigenvalue weighted by Crippen LogP contribution is -2.34. The summed E-state index contributed by atoms with van der Waals surface area (Å²) < 4.78 is 12.9. The Kier molecular flexibility index (Phi) is 5.57. The number of rotatable bonds is 5. The van der Waals surface area contributed by atoms with Gasteiger partial charge in [-0.1, -0.05) is 55.8 Å². The van der Waals surface area contributed by atoms with Gasteiger partial charge in [0.05, 0.1) is 16.0 Å². The molecule has 2 aromatic carbocycles. The van der Waals surface area contributed by atoms with E-state index in [2.05, 4.69) is 13.8 Å². The van der Waals surface area contributed by atoms with Crippen molar-refractivity contribution in [2.45, 2.75) is 30.0 Å². The van der Waals surface area contributed by atoms with Crippen molar-refractivity contribution in [3.8, 4) is 0 Å². The molecule has 0 spiro atoms. The van der Waals surface area contributed by atoms with Crippen molar-refractivity contribution in [2.24, 2.45) is 11.7 Å². The number of benzene rings is 2. The van der Waals surface area contributed by atoms with Crippen LogP contribution >= 0.6 is 11.6 Å². The van der Waals surface area contributed by atoms with Gasteiger partial charge in [0.25, 0.3) is 0 Å². The third kappa shape index (κ3) is 3.94. The van der Waals surface area contributed by atoms with Crippen molar-refractivity contribution in [3.05, 3.63) is 65.2 Å². The maximum Gasteiger partial charge on any atom is 0.0610 e. The molecule has 0 aromatic heterocycles. The lowest BCUT2D eigenvalue weighted by atomic mass is 9.97. The SMILES string of the molecule is CC(C)C(C(N)c1ccccc1)S(=O)c1ccc(Cl)cc1. The van der Waals surface area contributed by atoms with Crippen LogP contribution in [0.5, 0.6) is 0 Å². The molecule has 0 saturated carbocycles. The highest BCUT2D eigenvalue weighted by Crippen LogP contribution is 2.28. The van der Waals surface area contributed by atoms with Crippen molar-refractivity contribution in [3.63, 3.8) is 0 Å². The Morgan fingerprint density at radius 2 is 1.57 bits per heavy atom. The first kappa shape index (κ1) is 16.2. The zero-order chi connectivity index (χ0) is 15.4. The van der Waals surface area contributed by atoms with Crippen molar-refractivity contribution >= 4 is 22.4 Å². The molecule has 3 atom stereocenters. The van der Waals surface area contributed by atoms with Crippen LogP contribution in [0.25, 0.3) is 0 Å². The second kappa shape index (κ2) is 7.21. The van der Waals surface area contributed by atoms with E-state index in [4.69, 9.17) is 17.3 Å². The molecule has 0 bridgehead atoms. The van der Waals surface area contributed by atoms with Crippen molar-refractivity contribution in [1.29, 1.82) is 0 Å². The molecule has 0 fully saturated rings. The summed E-state index contributed by atoms with van der Waals surface area (Å²) in [7, 11) is -1.17. The van der Waals surface area contributed by atoms with E-state index >= 15 is 0 Å². The number of halogens is 1. The zero-order valence-corrected chi connectivity index (χ0v) is 13.8. The molecule has 2 nitrogen and oxygen atoms in total. The van der Waals surface area contributed by atoms with Crippen LogP contribution in [0, 0.1) is 5.92 Å². The Bertz CT molecular complexity index is 598. The molecule has 0 radical (unpaired) electrons. The van der Waals surface area contributed by atoms with Crippen molar-refractivity contribution < 1.29 is 4.21 Å². The van der Waals surface area contributed by atoms with E-state index in [-0.39, 0.29) is 17.2 Å². The van der Waals surface area contributed by atoms with Crippen LogP contribution in [0.1, 0.15) is 25.5 Å². The van der Waals surface area contributed by atoms with E-state index in [1.165, 1.54) is 0 Å². The Balaban J connectivity index is 2.30. The average Bonchev–Trinajstić information content (AvgIpc) is 2.48. The van der Waals surface area contributed by atoms with Crippen LogP contribution in [0.15, 0.2) is 59.5 Å². The predicted molar refractivity (Wildman–Crippen MR) is 89.9 cm³/mol. The van der Waals surface area contributed by atoms with Crippen LogP contribution in [0.2, 0.25) is 5.02 Å². The third-order valence-electron chi connectivity index (χ3n) is 3.49. The summed E-state index contributed by atoms with van der Waals surface area (Å²) in [6.45, 7) is 4.11. The van der Waals surface area contributed by atoms with Gasteiger partial charge >= 0.3 is 0 Å². The molecule has 0 saturated heterocycles. The van der Waals surface area contributed by atoms with Gasteiger partial charge in [-0.15, -0.1) is 0 Å². The van der Waals surface area contributed by atoms with Crippen LogP contribution in [-0.4, -0.2) is 9.46 Å².